The van der Waals surface area contributed by atoms with Gasteiger partial charge in [0.25, 0.3) is 0 Å². The number of hydrogen-bond donors (Lipinski definition) is 1. The van der Waals surface area contributed by atoms with E-state index in [4.69, 9.17) is 0 Å². The number of hydrogen-bond acceptors (Lipinski definition) is 2. The van der Waals surface area contributed by atoms with Crippen molar-refractivity contribution in [1.82, 2.24) is 5.32 Å². The van der Waals surface area contributed by atoms with Crippen LogP contribution in [-0.2, 0) is 0 Å². The summed E-state index contributed by atoms with van der Waals surface area (Å²) >= 11 is 1.99. The van der Waals surface area contributed by atoms with Crippen LogP contribution >= 0.6 is 11.8 Å². The summed E-state index contributed by atoms with van der Waals surface area (Å²) in [5.74, 6) is 0. The molecule has 1 nitrogen and oxygen atoms in total. The first-order chi connectivity index (χ1) is 6.36. The van der Waals surface area contributed by atoms with Crippen LogP contribution in [-0.4, -0.2) is 30.8 Å². The van der Waals surface area contributed by atoms with Crippen LogP contribution in [0.4, 0.5) is 4.39 Å². The van der Waals surface area contributed by atoms with E-state index in [1.165, 1.54) is 25.7 Å². The van der Waals surface area contributed by atoms with E-state index in [0.717, 1.165) is 11.8 Å². The molecule has 0 aromatic rings. The molecule has 78 valence electrons. The second-order valence-corrected chi connectivity index (χ2v) is 4.84. The van der Waals surface area contributed by atoms with Gasteiger partial charge in [-0.25, -0.2) is 0 Å². The highest BCUT2D eigenvalue weighted by molar-refractivity contribution is 7.99. The van der Waals surface area contributed by atoms with Crippen molar-refractivity contribution < 1.29 is 4.39 Å². The van der Waals surface area contributed by atoms with E-state index in [-0.39, 0.29) is 6.67 Å². The maximum atomic E-state index is 11.8. The van der Waals surface area contributed by atoms with Gasteiger partial charge in [-0.2, -0.15) is 11.8 Å². The second-order valence-electron chi connectivity index (χ2n) is 3.71. The first-order valence-corrected chi connectivity index (χ1v) is 6.47. The Balaban J connectivity index is 2.03. The topological polar surface area (TPSA) is 12.0 Å². The Labute approximate surface area is 84.9 Å². The Hall–Kier alpha value is 0.240. The van der Waals surface area contributed by atoms with Crippen molar-refractivity contribution in [3.8, 4) is 0 Å². The van der Waals surface area contributed by atoms with Gasteiger partial charge >= 0.3 is 0 Å². The third-order valence-electron chi connectivity index (χ3n) is 2.75. The van der Waals surface area contributed by atoms with Crippen LogP contribution in [0.25, 0.3) is 0 Å². The molecule has 0 aromatic carbocycles. The first-order valence-electron chi connectivity index (χ1n) is 5.19. The van der Waals surface area contributed by atoms with Gasteiger partial charge in [-0.3, -0.25) is 4.39 Å². The largest absolute Gasteiger partial charge is 0.314 e. The normalized spacial score (nSPS) is 29.1. The van der Waals surface area contributed by atoms with Crippen molar-refractivity contribution in [3.05, 3.63) is 0 Å². The molecule has 1 aliphatic carbocycles. The fourth-order valence-corrected chi connectivity index (χ4v) is 2.62. The summed E-state index contributed by atoms with van der Waals surface area (Å²) in [7, 11) is 0. The highest BCUT2D eigenvalue weighted by Gasteiger charge is 2.19. The second kappa shape index (κ2) is 6.66. The number of thioether (sulfide) groups is 1. The molecule has 0 bridgehead atoms. The van der Waals surface area contributed by atoms with E-state index in [1.54, 1.807) is 0 Å². The van der Waals surface area contributed by atoms with Gasteiger partial charge in [0.1, 0.15) is 0 Å². The molecule has 0 saturated heterocycles. The maximum absolute atomic E-state index is 11.8. The minimum absolute atomic E-state index is 0.187. The van der Waals surface area contributed by atoms with Gasteiger partial charge in [-0.05, 0) is 44.9 Å². The van der Waals surface area contributed by atoms with Crippen LogP contribution in [0.1, 0.15) is 32.1 Å². The molecule has 1 aliphatic rings. The minimum Gasteiger partial charge on any atom is -0.314 e. The highest BCUT2D eigenvalue weighted by Crippen LogP contribution is 2.26. The fraction of sp³-hybridized carbons (Fsp3) is 1.00. The zero-order valence-corrected chi connectivity index (χ0v) is 9.21. The van der Waals surface area contributed by atoms with Crippen LogP contribution in [0.2, 0.25) is 0 Å². The number of rotatable bonds is 5. The average Bonchev–Trinajstić information content (AvgIpc) is 2.19. The number of nitrogens with one attached hydrogen (secondary N) is 1. The third kappa shape index (κ3) is 4.32. The molecular weight excluding hydrogens is 185 g/mol. The molecule has 0 amide bonds. The summed E-state index contributed by atoms with van der Waals surface area (Å²) in [4.78, 5) is 0. The highest BCUT2D eigenvalue weighted by atomic mass is 32.2. The molecular formula is C10H20FNS. The lowest BCUT2D eigenvalue weighted by Gasteiger charge is -2.28. The molecule has 3 heteroatoms. The molecule has 0 unspecified atom stereocenters. The van der Waals surface area contributed by atoms with E-state index < -0.39 is 0 Å². The molecule has 13 heavy (non-hydrogen) atoms. The lowest BCUT2D eigenvalue weighted by molar-refractivity contribution is 0.366. The van der Waals surface area contributed by atoms with Crippen molar-refractivity contribution in [2.75, 3.05) is 19.5 Å². The van der Waals surface area contributed by atoms with Gasteiger partial charge in [0.2, 0.25) is 0 Å². The Kier molecular flexibility index (Phi) is 5.80. The molecule has 1 rings (SSSR count). The molecule has 1 N–H and O–H groups in total. The lowest BCUT2D eigenvalue weighted by Crippen LogP contribution is -2.34. The predicted molar refractivity (Wildman–Crippen MR) is 58.2 cm³/mol. The zero-order valence-electron chi connectivity index (χ0n) is 8.39. The summed E-state index contributed by atoms with van der Waals surface area (Å²) in [5, 5.41) is 4.29. The van der Waals surface area contributed by atoms with Crippen LogP contribution in [0.3, 0.4) is 0 Å². The van der Waals surface area contributed by atoms with E-state index in [2.05, 4.69) is 11.6 Å². The standard InChI is InChI=1S/C10H20FNS/c1-13-10-5-3-9(4-6-10)12-8-2-7-11/h9-10,12H,2-8H2,1H3. The van der Waals surface area contributed by atoms with Crippen LogP contribution < -0.4 is 5.32 Å². The molecule has 1 fully saturated rings. The fourth-order valence-electron chi connectivity index (χ4n) is 1.88. The molecule has 0 heterocycles. The maximum Gasteiger partial charge on any atom is 0.0906 e. The summed E-state index contributed by atoms with van der Waals surface area (Å²) in [6.07, 6.45) is 8.07. The van der Waals surface area contributed by atoms with E-state index in [9.17, 15) is 4.39 Å². The van der Waals surface area contributed by atoms with Crippen molar-refractivity contribution in [2.45, 2.75) is 43.4 Å². The van der Waals surface area contributed by atoms with Crippen molar-refractivity contribution >= 4 is 11.8 Å². The van der Waals surface area contributed by atoms with Crippen molar-refractivity contribution in [3.63, 3.8) is 0 Å². The van der Waals surface area contributed by atoms with E-state index in [1.807, 2.05) is 11.8 Å². The zero-order chi connectivity index (χ0) is 9.52. The minimum atomic E-state index is -0.187. The molecule has 0 spiro atoms. The monoisotopic (exact) mass is 205 g/mol. The number of alkyl halides is 1. The van der Waals surface area contributed by atoms with Gasteiger partial charge in [0.05, 0.1) is 6.67 Å². The Morgan fingerprint density at radius 1 is 1.31 bits per heavy atom. The summed E-state index contributed by atoms with van der Waals surface area (Å²) in [6.45, 7) is 0.665. The lowest BCUT2D eigenvalue weighted by atomic mass is 9.95. The molecule has 0 radical (unpaired) electrons. The SMILES string of the molecule is CSC1CCC(NCCCF)CC1. The van der Waals surface area contributed by atoms with Crippen LogP contribution in [0.15, 0.2) is 0 Å². The first kappa shape index (κ1) is 11.3. The van der Waals surface area contributed by atoms with Crippen molar-refractivity contribution in [2.24, 2.45) is 0 Å². The van der Waals surface area contributed by atoms with Crippen LogP contribution in [0.5, 0.6) is 0 Å². The summed E-state index contributed by atoms with van der Waals surface area (Å²) < 4.78 is 11.8. The molecule has 0 aromatic heterocycles. The predicted octanol–water partition coefficient (Wildman–Crippen LogP) is 2.61. The quantitative estimate of drug-likeness (QED) is 0.692. The number of halogens is 1. The Morgan fingerprint density at radius 2 is 2.00 bits per heavy atom. The summed E-state index contributed by atoms with van der Waals surface area (Å²) in [6, 6.07) is 0.662. The molecule has 0 aliphatic heterocycles. The van der Waals surface area contributed by atoms with Gasteiger partial charge in [0.15, 0.2) is 0 Å². The average molecular weight is 205 g/mol. The third-order valence-corrected chi connectivity index (χ3v) is 3.89. The van der Waals surface area contributed by atoms with Crippen molar-refractivity contribution in [1.29, 1.82) is 0 Å². The Bertz CT molecular complexity index is 121. The summed E-state index contributed by atoms with van der Waals surface area (Å²) in [5.41, 5.74) is 0. The van der Waals surface area contributed by atoms with Gasteiger partial charge < -0.3 is 5.32 Å². The van der Waals surface area contributed by atoms with Crippen LogP contribution in [0, 0.1) is 0 Å². The Morgan fingerprint density at radius 3 is 2.54 bits per heavy atom. The molecule has 1 saturated carbocycles. The van der Waals surface area contributed by atoms with E-state index in [0.29, 0.717) is 12.5 Å². The van der Waals surface area contributed by atoms with Gasteiger partial charge in [-0.15, -0.1) is 0 Å². The molecule has 0 atom stereocenters. The van der Waals surface area contributed by atoms with E-state index >= 15 is 0 Å². The van der Waals surface area contributed by atoms with Gasteiger partial charge in [-0.1, -0.05) is 0 Å². The van der Waals surface area contributed by atoms with Gasteiger partial charge in [0, 0.05) is 11.3 Å². The smallest absolute Gasteiger partial charge is 0.0906 e.